The normalized spacial score (nSPS) is 10.3. The topological polar surface area (TPSA) is 43.1 Å². The standard InChI is InChI=1S/C14H12ClNOS/c15-11-4-6-13(7-5-11)18-14(17)9-10-2-1-3-12(16)8-10/h1-8H,9,16H2. The molecule has 0 unspecified atom stereocenters. The zero-order chi connectivity index (χ0) is 13.0. The molecule has 0 aromatic heterocycles. The van der Waals surface area contributed by atoms with E-state index >= 15 is 0 Å². The first-order valence-corrected chi connectivity index (χ1v) is 6.63. The van der Waals surface area contributed by atoms with Crippen LogP contribution in [0.4, 0.5) is 5.69 Å². The molecular weight excluding hydrogens is 266 g/mol. The highest BCUT2D eigenvalue weighted by molar-refractivity contribution is 8.13. The molecule has 0 aliphatic rings. The molecule has 2 aromatic carbocycles. The molecule has 0 heterocycles. The van der Waals surface area contributed by atoms with Crippen LogP contribution in [0.5, 0.6) is 0 Å². The second-order valence-corrected chi connectivity index (χ2v) is 5.42. The first-order chi connectivity index (χ1) is 8.63. The Morgan fingerprint density at radius 2 is 1.89 bits per heavy atom. The molecule has 2 N–H and O–H groups in total. The average molecular weight is 278 g/mol. The largest absolute Gasteiger partial charge is 0.399 e. The molecule has 92 valence electrons. The third-order valence-corrected chi connectivity index (χ3v) is 3.48. The molecule has 4 heteroatoms. The number of thioether (sulfide) groups is 1. The Labute approximate surface area is 115 Å². The van der Waals surface area contributed by atoms with Crippen molar-refractivity contribution in [2.45, 2.75) is 11.3 Å². The quantitative estimate of drug-likeness (QED) is 0.686. The van der Waals surface area contributed by atoms with E-state index in [9.17, 15) is 4.79 Å². The summed E-state index contributed by atoms with van der Waals surface area (Å²) in [6, 6.07) is 14.6. The lowest BCUT2D eigenvalue weighted by atomic mass is 10.1. The molecule has 0 saturated heterocycles. The Hall–Kier alpha value is -1.45. The third kappa shape index (κ3) is 3.79. The van der Waals surface area contributed by atoms with Gasteiger partial charge in [-0.2, -0.15) is 0 Å². The van der Waals surface area contributed by atoms with Gasteiger partial charge in [-0.05, 0) is 42.0 Å². The van der Waals surface area contributed by atoms with E-state index in [1.54, 1.807) is 18.2 Å². The zero-order valence-electron chi connectivity index (χ0n) is 9.60. The highest BCUT2D eigenvalue weighted by Gasteiger charge is 2.06. The van der Waals surface area contributed by atoms with Gasteiger partial charge in [-0.25, -0.2) is 0 Å². The Kier molecular flexibility index (Phi) is 4.28. The van der Waals surface area contributed by atoms with Gasteiger partial charge in [-0.3, -0.25) is 4.79 Å². The van der Waals surface area contributed by atoms with Gasteiger partial charge in [0.2, 0.25) is 0 Å². The smallest absolute Gasteiger partial charge is 0.198 e. The van der Waals surface area contributed by atoms with Crippen molar-refractivity contribution in [2.75, 3.05) is 5.73 Å². The van der Waals surface area contributed by atoms with Crippen molar-refractivity contribution < 1.29 is 4.79 Å². The molecule has 0 fully saturated rings. The van der Waals surface area contributed by atoms with Crippen molar-refractivity contribution >= 4 is 34.2 Å². The van der Waals surface area contributed by atoms with Crippen LogP contribution in [0.3, 0.4) is 0 Å². The van der Waals surface area contributed by atoms with Gasteiger partial charge < -0.3 is 5.73 Å². The van der Waals surface area contributed by atoms with Gasteiger partial charge in [0, 0.05) is 22.0 Å². The van der Waals surface area contributed by atoms with Gasteiger partial charge in [0.25, 0.3) is 0 Å². The van der Waals surface area contributed by atoms with Gasteiger partial charge in [0.05, 0.1) is 0 Å². The molecule has 0 aliphatic carbocycles. The van der Waals surface area contributed by atoms with Crippen molar-refractivity contribution in [1.29, 1.82) is 0 Å². The van der Waals surface area contributed by atoms with Crippen molar-refractivity contribution in [3.8, 4) is 0 Å². The fraction of sp³-hybridized carbons (Fsp3) is 0.0714. The van der Waals surface area contributed by atoms with Gasteiger partial charge in [0.1, 0.15) is 0 Å². The molecule has 18 heavy (non-hydrogen) atoms. The summed E-state index contributed by atoms with van der Waals surface area (Å²) in [5.41, 5.74) is 7.28. The minimum atomic E-state index is 0.0860. The monoisotopic (exact) mass is 277 g/mol. The predicted octanol–water partition coefficient (Wildman–Crippen LogP) is 3.78. The molecule has 2 nitrogen and oxygen atoms in total. The fourth-order valence-corrected chi connectivity index (χ4v) is 2.44. The molecule has 2 aromatic rings. The molecule has 2 rings (SSSR count). The maximum absolute atomic E-state index is 11.9. The summed E-state index contributed by atoms with van der Waals surface area (Å²) in [5.74, 6) is 0. The number of carbonyl (C=O) groups is 1. The van der Waals surface area contributed by atoms with E-state index in [0.29, 0.717) is 17.1 Å². The molecule has 0 aliphatic heterocycles. The van der Waals surface area contributed by atoms with Crippen molar-refractivity contribution in [3.63, 3.8) is 0 Å². The number of nitrogens with two attached hydrogens (primary N) is 1. The summed E-state index contributed by atoms with van der Waals surface area (Å²) in [5, 5.41) is 0.755. The number of anilines is 1. The molecular formula is C14H12ClNOS. The van der Waals surface area contributed by atoms with Crippen LogP contribution in [0.25, 0.3) is 0 Å². The molecule has 0 bridgehead atoms. The molecule has 0 atom stereocenters. The van der Waals surface area contributed by atoms with Crippen molar-refractivity contribution in [3.05, 3.63) is 59.1 Å². The molecule has 0 saturated carbocycles. The lowest BCUT2D eigenvalue weighted by Gasteiger charge is -2.02. The van der Waals surface area contributed by atoms with Gasteiger partial charge >= 0.3 is 0 Å². The van der Waals surface area contributed by atoms with Crippen LogP contribution in [0, 0.1) is 0 Å². The van der Waals surface area contributed by atoms with E-state index in [2.05, 4.69) is 0 Å². The van der Waals surface area contributed by atoms with Gasteiger partial charge in [-0.15, -0.1) is 0 Å². The lowest BCUT2D eigenvalue weighted by molar-refractivity contribution is -0.110. The van der Waals surface area contributed by atoms with Crippen LogP contribution in [0.2, 0.25) is 5.02 Å². The van der Waals surface area contributed by atoms with E-state index in [-0.39, 0.29) is 5.12 Å². The summed E-state index contributed by atoms with van der Waals surface area (Å²) in [7, 11) is 0. The minimum Gasteiger partial charge on any atom is -0.399 e. The van der Waals surface area contributed by atoms with Crippen LogP contribution in [0.15, 0.2) is 53.4 Å². The molecule has 0 amide bonds. The van der Waals surface area contributed by atoms with Crippen molar-refractivity contribution in [2.24, 2.45) is 0 Å². The zero-order valence-corrected chi connectivity index (χ0v) is 11.2. The van der Waals surface area contributed by atoms with Crippen LogP contribution in [0.1, 0.15) is 5.56 Å². The Morgan fingerprint density at radius 3 is 2.56 bits per heavy atom. The molecule has 0 spiro atoms. The number of carbonyl (C=O) groups excluding carboxylic acids is 1. The highest BCUT2D eigenvalue weighted by atomic mass is 35.5. The van der Waals surface area contributed by atoms with E-state index in [0.717, 1.165) is 10.5 Å². The van der Waals surface area contributed by atoms with E-state index in [4.69, 9.17) is 17.3 Å². The van der Waals surface area contributed by atoms with Crippen LogP contribution >= 0.6 is 23.4 Å². The summed E-state index contributed by atoms with van der Waals surface area (Å²) in [6.45, 7) is 0. The number of hydrogen-bond donors (Lipinski definition) is 1. The maximum atomic E-state index is 11.9. The summed E-state index contributed by atoms with van der Waals surface area (Å²) in [4.78, 5) is 12.8. The Balaban J connectivity index is 1.98. The van der Waals surface area contributed by atoms with Crippen molar-refractivity contribution in [1.82, 2.24) is 0 Å². The summed E-state index contributed by atoms with van der Waals surface area (Å²) >= 11 is 7.00. The highest BCUT2D eigenvalue weighted by Crippen LogP contribution is 2.22. The number of halogens is 1. The number of nitrogen functional groups attached to an aromatic ring is 1. The third-order valence-electron chi connectivity index (χ3n) is 2.34. The summed E-state index contributed by atoms with van der Waals surface area (Å²) in [6.07, 6.45) is 0.373. The fourth-order valence-electron chi connectivity index (χ4n) is 1.54. The van der Waals surface area contributed by atoms with Crippen LogP contribution in [-0.4, -0.2) is 5.12 Å². The van der Waals surface area contributed by atoms with E-state index < -0.39 is 0 Å². The number of benzene rings is 2. The number of hydrogen-bond acceptors (Lipinski definition) is 3. The van der Waals surface area contributed by atoms with Gasteiger partial charge in [-0.1, -0.05) is 35.5 Å². The summed E-state index contributed by atoms with van der Waals surface area (Å²) < 4.78 is 0. The van der Waals surface area contributed by atoms with Crippen LogP contribution < -0.4 is 5.73 Å². The predicted molar refractivity (Wildman–Crippen MR) is 76.9 cm³/mol. The second kappa shape index (κ2) is 5.94. The first-order valence-electron chi connectivity index (χ1n) is 5.44. The SMILES string of the molecule is Nc1cccc(CC(=O)Sc2ccc(Cl)cc2)c1. The average Bonchev–Trinajstić information content (AvgIpc) is 2.32. The first kappa shape index (κ1) is 13.0. The maximum Gasteiger partial charge on any atom is 0.198 e. The Bertz CT molecular complexity index is 554. The van der Waals surface area contributed by atoms with E-state index in [1.165, 1.54) is 11.8 Å². The Morgan fingerprint density at radius 1 is 1.17 bits per heavy atom. The number of rotatable bonds is 3. The lowest BCUT2D eigenvalue weighted by Crippen LogP contribution is -1.98. The second-order valence-electron chi connectivity index (χ2n) is 3.85. The minimum absolute atomic E-state index is 0.0860. The molecule has 0 radical (unpaired) electrons. The van der Waals surface area contributed by atoms with Gasteiger partial charge in [0.15, 0.2) is 5.12 Å². The van der Waals surface area contributed by atoms with Crippen LogP contribution in [-0.2, 0) is 11.2 Å². The van der Waals surface area contributed by atoms with E-state index in [1.807, 2.05) is 30.3 Å².